The van der Waals surface area contributed by atoms with Crippen molar-refractivity contribution in [3.8, 4) is 0 Å². The Morgan fingerprint density at radius 1 is 0.833 bits per heavy atom. The molecular formula is C43H74NO9P. The van der Waals surface area contributed by atoms with E-state index in [-0.39, 0.29) is 50.4 Å². The molecule has 0 spiro atoms. The van der Waals surface area contributed by atoms with Gasteiger partial charge in [-0.25, -0.2) is 4.57 Å². The fraction of sp³-hybridized carbons (Fsp3) is 0.721. The number of carbonyl (C=O) groups excluding carboxylic acids is 2. The van der Waals surface area contributed by atoms with Crippen molar-refractivity contribution in [1.29, 1.82) is 0 Å². The first-order chi connectivity index (χ1) is 26.2. The Morgan fingerprint density at radius 3 is 2.13 bits per heavy atom. The predicted octanol–water partition coefficient (Wildman–Crippen LogP) is 10.2. The SMILES string of the molecule is CCCCCCCC/C=C\CCCCCC/C=C/O[C@H](COC(=O)CCC/C=C\C[C@H]1C=CC(=O)[C@@H]1/C=C/[C@@H](O)CCCCC)COP(=O)(O)OCCN. The summed E-state index contributed by atoms with van der Waals surface area (Å²) in [4.78, 5) is 34.7. The third-order valence-electron chi connectivity index (χ3n) is 9.24. The lowest BCUT2D eigenvalue weighted by Crippen LogP contribution is -2.25. The summed E-state index contributed by atoms with van der Waals surface area (Å²) in [5.41, 5.74) is 5.36. The second kappa shape index (κ2) is 34.0. The zero-order valence-electron chi connectivity index (χ0n) is 33.5. The van der Waals surface area contributed by atoms with Crippen LogP contribution in [0.5, 0.6) is 0 Å². The highest BCUT2D eigenvalue weighted by Gasteiger charge is 2.27. The number of aliphatic hydroxyl groups is 1. The van der Waals surface area contributed by atoms with Crippen LogP contribution in [0.2, 0.25) is 0 Å². The summed E-state index contributed by atoms with van der Waals surface area (Å²) >= 11 is 0. The number of rotatable bonds is 36. The minimum absolute atomic E-state index is 0.0535. The van der Waals surface area contributed by atoms with Crippen molar-refractivity contribution in [1.82, 2.24) is 0 Å². The molecule has 0 aromatic rings. The molecule has 310 valence electrons. The van der Waals surface area contributed by atoms with E-state index in [1.54, 1.807) is 12.2 Å². The average Bonchev–Trinajstić information content (AvgIpc) is 3.51. The molecule has 11 heteroatoms. The van der Waals surface area contributed by atoms with E-state index in [4.69, 9.17) is 24.3 Å². The van der Waals surface area contributed by atoms with E-state index in [9.17, 15) is 24.2 Å². The van der Waals surface area contributed by atoms with Gasteiger partial charge in [0.05, 0.1) is 25.6 Å². The molecule has 1 unspecified atom stereocenters. The van der Waals surface area contributed by atoms with Crippen LogP contribution in [0.15, 0.2) is 60.9 Å². The molecule has 0 aliphatic heterocycles. The van der Waals surface area contributed by atoms with Crippen LogP contribution in [-0.2, 0) is 32.7 Å². The number of allylic oxidation sites excluding steroid dienone is 8. The normalized spacial score (nSPS) is 18.4. The van der Waals surface area contributed by atoms with Gasteiger partial charge in [-0.15, -0.1) is 0 Å². The standard InChI is InChI=1S/C43H74NO9P/c1-3-5-7-8-9-10-11-12-13-14-15-16-17-18-21-25-34-50-40(37-53-54(48,49)52-35-33-44)36-51-43(47)28-24-20-19-23-26-38-29-32-42(46)41(38)31-30-39(45)27-22-6-4-2/h12-13,19,23,25,29-32,34,38-41,45H,3-11,14-18,20-22,24,26-28,33,35-37,44H2,1-2H3,(H,48,49)/b13-12-,23-19-,31-30+,34-25+/t38-,39-,40+,41+/m0/s1. The molecule has 0 saturated heterocycles. The number of carbonyl (C=O) groups is 2. The maximum atomic E-state index is 12.5. The van der Waals surface area contributed by atoms with Gasteiger partial charge in [-0.2, -0.15) is 0 Å². The van der Waals surface area contributed by atoms with E-state index >= 15 is 0 Å². The van der Waals surface area contributed by atoms with Gasteiger partial charge >= 0.3 is 13.8 Å². The van der Waals surface area contributed by atoms with Gasteiger partial charge in [0.15, 0.2) is 11.9 Å². The number of phosphoric ester groups is 1. The van der Waals surface area contributed by atoms with E-state index in [2.05, 4.69) is 26.0 Å². The topological polar surface area (TPSA) is 155 Å². The second-order valence-electron chi connectivity index (χ2n) is 14.2. The molecule has 0 fully saturated rings. The number of unbranched alkanes of at least 4 members (excludes halogenated alkanes) is 14. The zero-order valence-corrected chi connectivity index (χ0v) is 34.4. The fourth-order valence-corrected chi connectivity index (χ4v) is 6.73. The van der Waals surface area contributed by atoms with E-state index in [0.29, 0.717) is 25.7 Å². The molecule has 0 saturated carbocycles. The van der Waals surface area contributed by atoms with Crippen LogP contribution >= 0.6 is 7.82 Å². The highest BCUT2D eigenvalue weighted by molar-refractivity contribution is 7.47. The summed E-state index contributed by atoms with van der Waals surface area (Å²) in [6, 6.07) is 0. The number of phosphoric acid groups is 1. The largest absolute Gasteiger partial charge is 0.492 e. The van der Waals surface area contributed by atoms with Crippen molar-refractivity contribution < 1.29 is 42.7 Å². The Bertz CT molecular complexity index is 1150. The second-order valence-corrected chi connectivity index (χ2v) is 15.7. The number of esters is 1. The molecule has 0 aromatic carbocycles. The highest BCUT2D eigenvalue weighted by Crippen LogP contribution is 2.43. The lowest BCUT2D eigenvalue weighted by atomic mass is 9.90. The maximum Gasteiger partial charge on any atom is 0.472 e. The lowest BCUT2D eigenvalue weighted by molar-refractivity contribution is -0.147. The van der Waals surface area contributed by atoms with E-state index in [0.717, 1.165) is 44.9 Å². The minimum Gasteiger partial charge on any atom is -0.492 e. The van der Waals surface area contributed by atoms with Crippen LogP contribution in [0.3, 0.4) is 0 Å². The third kappa shape index (κ3) is 28.1. The molecule has 5 atom stereocenters. The Balaban J connectivity index is 2.36. The molecule has 54 heavy (non-hydrogen) atoms. The van der Waals surface area contributed by atoms with Crippen LogP contribution in [0.1, 0.15) is 149 Å². The summed E-state index contributed by atoms with van der Waals surface area (Å²) < 4.78 is 33.1. The first kappa shape index (κ1) is 49.7. The number of aliphatic hydroxyl groups excluding tert-OH is 1. The van der Waals surface area contributed by atoms with Crippen molar-refractivity contribution >= 4 is 19.6 Å². The van der Waals surface area contributed by atoms with E-state index in [1.807, 2.05) is 30.4 Å². The quantitative estimate of drug-likeness (QED) is 0.0184. The molecule has 0 bridgehead atoms. The number of hydrogen-bond donors (Lipinski definition) is 3. The van der Waals surface area contributed by atoms with Crippen LogP contribution in [0, 0.1) is 11.8 Å². The maximum absolute atomic E-state index is 12.5. The molecule has 10 nitrogen and oxygen atoms in total. The number of hydrogen-bond acceptors (Lipinski definition) is 9. The van der Waals surface area contributed by atoms with Crippen molar-refractivity contribution in [2.75, 3.05) is 26.4 Å². The molecule has 0 aromatic heterocycles. The minimum atomic E-state index is -4.32. The summed E-state index contributed by atoms with van der Waals surface area (Å²) in [6.45, 7) is 3.86. The molecule has 0 radical (unpaired) electrons. The Labute approximate surface area is 327 Å². The van der Waals surface area contributed by atoms with Crippen molar-refractivity contribution in [3.05, 3.63) is 60.9 Å². The summed E-state index contributed by atoms with van der Waals surface area (Å²) in [6.07, 6.45) is 39.6. The van der Waals surface area contributed by atoms with Gasteiger partial charge in [-0.05, 0) is 82.3 Å². The van der Waals surface area contributed by atoms with Gasteiger partial charge in [-0.3, -0.25) is 18.6 Å². The third-order valence-corrected chi connectivity index (χ3v) is 10.2. The fourth-order valence-electron chi connectivity index (χ4n) is 5.96. The van der Waals surface area contributed by atoms with Gasteiger partial charge in [0, 0.05) is 18.9 Å². The molecular weight excluding hydrogens is 705 g/mol. The summed E-state index contributed by atoms with van der Waals surface area (Å²) in [5, 5.41) is 10.2. The van der Waals surface area contributed by atoms with Crippen LogP contribution in [0.25, 0.3) is 0 Å². The van der Waals surface area contributed by atoms with E-state index < -0.39 is 26.0 Å². The Morgan fingerprint density at radius 2 is 1.44 bits per heavy atom. The van der Waals surface area contributed by atoms with Crippen molar-refractivity contribution in [3.63, 3.8) is 0 Å². The average molecular weight is 780 g/mol. The van der Waals surface area contributed by atoms with Gasteiger partial charge in [0.25, 0.3) is 0 Å². The van der Waals surface area contributed by atoms with Crippen molar-refractivity contribution in [2.24, 2.45) is 17.6 Å². The molecule has 1 rings (SSSR count). The molecule has 0 heterocycles. The zero-order chi connectivity index (χ0) is 39.5. The highest BCUT2D eigenvalue weighted by atomic mass is 31.2. The number of ketones is 1. The Kier molecular flexibility index (Phi) is 31.3. The molecule has 0 amide bonds. The van der Waals surface area contributed by atoms with E-state index in [1.165, 1.54) is 64.0 Å². The van der Waals surface area contributed by atoms with Gasteiger partial charge in [0.2, 0.25) is 0 Å². The molecule has 1 aliphatic carbocycles. The molecule has 1 aliphatic rings. The predicted molar refractivity (Wildman–Crippen MR) is 219 cm³/mol. The van der Waals surface area contributed by atoms with Crippen LogP contribution in [0.4, 0.5) is 0 Å². The first-order valence-electron chi connectivity index (χ1n) is 20.9. The van der Waals surface area contributed by atoms with Gasteiger partial charge in [0.1, 0.15) is 6.61 Å². The molecule has 4 N–H and O–H groups in total. The Hall–Kier alpha value is -2.33. The first-order valence-corrected chi connectivity index (χ1v) is 22.4. The van der Waals surface area contributed by atoms with Gasteiger partial charge < -0.3 is 25.2 Å². The summed E-state index contributed by atoms with van der Waals surface area (Å²) in [5.74, 6) is -0.549. The van der Waals surface area contributed by atoms with Gasteiger partial charge in [-0.1, -0.05) is 121 Å². The smallest absolute Gasteiger partial charge is 0.472 e. The van der Waals surface area contributed by atoms with Crippen molar-refractivity contribution in [2.45, 2.75) is 161 Å². The lowest BCUT2D eigenvalue weighted by Gasteiger charge is -2.19. The monoisotopic (exact) mass is 780 g/mol. The number of nitrogens with two attached hydrogens (primary N) is 1. The van der Waals surface area contributed by atoms with Crippen LogP contribution in [-0.4, -0.2) is 60.3 Å². The van der Waals surface area contributed by atoms with Crippen LogP contribution < -0.4 is 5.73 Å². The number of ether oxygens (including phenoxy) is 2. The summed E-state index contributed by atoms with van der Waals surface area (Å²) in [7, 11) is -4.32.